The van der Waals surface area contributed by atoms with E-state index in [1.165, 1.54) is 88.1 Å². The van der Waals surface area contributed by atoms with E-state index in [-0.39, 0.29) is 5.41 Å². The first-order valence-electron chi connectivity index (χ1n) is 25.2. The Labute approximate surface area is 422 Å². The van der Waals surface area contributed by atoms with E-state index in [0.29, 0.717) is 0 Å². The SMILES string of the molecule is CC1(C)c2cc(-c3ccc4oc5ccccc5c4c3)ccc2-c2ccc(N(c3ccc(-c4ccc5c6ccccc6n(-c6ccccc6)c5c4)cc3)c3ccc(-n4c5ccccc5c5ccccc54)cc3)cc21. The Hall–Kier alpha value is -9.38. The van der Waals surface area contributed by atoms with Crippen molar-refractivity contribution in [3.05, 3.63) is 260 Å². The fourth-order valence-corrected chi connectivity index (χ4v) is 12.2. The van der Waals surface area contributed by atoms with Gasteiger partial charge in [0.2, 0.25) is 0 Å². The number of nitrogens with zero attached hydrogens (tertiary/aromatic N) is 3. The van der Waals surface area contributed by atoms with Crippen molar-refractivity contribution in [2.75, 3.05) is 4.90 Å². The average molecular weight is 934 g/mol. The largest absolute Gasteiger partial charge is 0.456 e. The number of fused-ring (bicyclic) bond motifs is 12. The molecule has 0 bridgehead atoms. The van der Waals surface area contributed by atoms with Crippen molar-refractivity contribution in [1.82, 2.24) is 9.13 Å². The molecule has 0 N–H and O–H groups in total. The van der Waals surface area contributed by atoms with Crippen LogP contribution in [0.2, 0.25) is 0 Å². The lowest BCUT2D eigenvalue weighted by Crippen LogP contribution is -2.16. The lowest BCUT2D eigenvalue weighted by molar-refractivity contribution is 0.660. The summed E-state index contributed by atoms with van der Waals surface area (Å²) in [6.07, 6.45) is 0. The molecule has 0 saturated carbocycles. The van der Waals surface area contributed by atoms with Crippen molar-refractivity contribution in [1.29, 1.82) is 0 Å². The molecule has 0 aliphatic heterocycles. The molecular weight excluding hydrogens is 887 g/mol. The highest BCUT2D eigenvalue weighted by atomic mass is 16.3. The third kappa shape index (κ3) is 6.33. The fraction of sp³-hybridized carbons (Fsp3) is 0.0435. The molecule has 3 heterocycles. The molecule has 1 aliphatic carbocycles. The molecule has 15 rings (SSSR count). The summed E-state index contributed by atoms with van der Waals surface area (Å²) >= 11 is 0. The summed E-state index contributed by atoms with van der Waals surface area (Å²) in [4.78, 5) is 2.42. The number of hydrogen-bond donors (Lipinski definition) is 0. The van der Waals surface area contributed by atoms with Gasteiger partial charge in [-0.1, -0.05) is 153 Å². The molecule has 3 aromatic heterocycles. The Morgan fingerprint density at radius 2 is 0.767 bits per heavy atom. The standard InChI is InChI=1S/C69H47N3O/c1-69(2)61-41-46(45-28-39-68-60(40-45)59-19-9-13-23-67(59)73-68)26-36-53(61)54-38-35-52(43-62(54)69)70(50-31-33-51(34-32-50)71-63-20-10-6-16-55(63)56-17-7-11-21-64(56)71)49-29-24-44(25-30-49)47-27-37-58-57-18-8-12-22-65(57)72(66(58)42-47)48-14-4-3-5-15-48/h3-43H,1-2H3. The van der Waals surface area contributed by atoms with Gasteiger partial charge in [-0.2, -0.15) is 0 Å². The first-order chi connectivity index (χ1) is 35.9. The van der Waals surface area contributed by atoms with E-state index in [0.717, 1.165) is 50.4 Å². The van der Waals surface area contributed by atoms with Gasteiger partial charge in [0, 0.05) is 66.2 Å². The maximum Gasteiger partial charge on any atom is 0.135 e. The van der Waals surface area contributed by atoms with Crippen molar-refractivity contribution in [3.8, 4) is 44.8 Å². The second-order valence-corrected chi connectivity index (χ2v) is 20.1. The molecule has 73 heavy (non-hydrogen) atoms. The summed E-state index contributed by atoms with van der Waals surface area (Å²) in [5.74, 6) is 0. The van der Waals surface area contributed by atoms with E-state index < -0.39 is 0 Å². The van der Waals surface area contributed by atoms with Crippen LogP contribution in [0.15, 0.2) is 253 Å². The van der Waals surface area contributed by atoms with Crippen molar-refractivity contribution >= 4 is 82.6 Å². The highest BCUT2D eigenvalue weighted by Gasteiger charge is 2.36. The molecule has 11 aromatic carbocycles. The second-order valence-electron chi connectivity index (χ2n) is 20.1. The number of para-hydroxylation sites is 5. The summed E-state index contributed by atoms with van der Waals surface area (Å²) in [7, 11) is 0. The Morgan fingerprint density at radius 1 is 0.315 bits per heavy atom. The normalized spacial score (nSPS) is 12.9. The van der Waals surface area contributed by atoms with Gasteiger partial charge in [0.05, 0.1) is 22.1 Å². The van der Waals surface area contributed by atoms with Crippen LogP contribution in [-0.2, 0) is 5.41 Å². The van der Waals surface area contributed by atoms with E-state index in [1.54, 1.807) is 0 Å². The molecule has 0 unspecified atom stereocenters. The third-order valence-corrected chi connectivity index (χ3v) is 15.7. The van der Waals surface area contributed by atoms with Crippen molar-refractivity contribution in [2.45, 2.75) is 19.3 Å². The quantitative estimate of drug-likeness (QED) is 0.159. The summed E-state index contributed by atoms with van der Waals surface area (Å²) in [5, 5.41) is 7.30. The molecule has 0 atom stereocenters. The molecule has 0 spiro atoms. The maximum atomic E-state index is 6.20. The Morgan fingerprint density at radius 3 is 1.45 bits per heavy atom. The van der Waals surface area contributed by atoms with Crippen LogP contribution in [0.1, 0.15) is 25.0 Å². The van der Waals surface area contributed by atoms with E-state index in [2.05, 4.69) is 264 Å². The lowest BCUT2D eigenvalue weighted by Gasteiger charge is -2.28. The summed E-state index contributed by atoms with van der Waals surface area (Å²) < 4.78 is 11.0. The van der Waals surface area contributed by atoms with Gasteiger partial charge in [0.25, 0.3) is 0 Å². The number of benzene rings is 11. The van der Waals surface area contributed by atoms with Crippen molar-refractivity contribution in [2.24, 2.45) is 0 Å². The molecule has 344 valence electrons. The predicted molar refractivity (Wildman–Crippen MR) is 306 cm³/mol. The average Bonchev–Trinajstić information content (AvgIpc) is 4.17. The smallest absolute Gasteiger partial charge is 0.135 e. The van der Waals surface area contributed by atoms with Crippen LogP contribution >= 0.6 is 0 Å². The lowest BCUT2D eigenvalue weighted by atomic mass is 9.81. The van der Waals surface area contributed by atoms with Crippen LogP contribution in [-0.4, -0.2) is 9.13 Å². The third-order valence-electron chi connectivity index (χ3n) is 15.7. The van der Waals surface area contributed by atoms with E-state index >= 15 is 0 Å². The summed E-state index contributed by atoms with van der Waals surface area (Å²) in [6, 6.07) is 91.0. The van der Waals surface area contributed by atoms with E-state index in [4.69, 9.17) is 4.42 Å². The number of hydrogen-bond acceptors (Lipinski definition) is 2. The zero-order valence-electron chi connectivity index (χ0n) is 40.4. The number of rotatable bonds is 7. The molecular formula is C69H47N3O. The summed E-state index contributed by atoms with van der Waals surface area (Å²) in [5.41, 5.74) is 21.9. The second kappa shape index (κ2) is 15.8. The van der Waals surface area contributed by atoms with Gasteiger partial charge in [-0.25, -0.2) is 0 Å². The van der Waals surface area contributed by atoms with Gasteiger partial charge >= 0.3 is 0 Å². The van der Waals surface area contributed by atoms with Crippen LogP contribution in [0.25, 0.3) is 110 Å². The molecule has 14 aromatic rings. The molecule has 1 aliphatic rings. The maximum absolute atomic E-state index is 6.20. The van der Waals surface area contributed by atoms with Crippen LogP contribution in [0, 0.1) is 0 Å². The van der Waals surface area contributed by atoms with Gasteiger partial charge in [-0.05, 0) is 154 Å². The molecule has 0 saturated heterocycles. The first kappa shape index (κ1) is 41.4. The van der Waals surface area contributed by atoms with E-state index in [9.17, 15) is 0 Å². The highest BCUT2D eigenvalue weighted by Crippen LogP contribution is 2.52. The van der Waals surface area contributed by atoms with Crippen LogP contribution < -0.4 is 4.90 Å². The molecule has 0 amide bonds. The Kier molecular flexibility index (Phi) is 8.97. The monoisotopic (exact) mass is 933 g/mol. The van der Waals surface area contributed by atoms with Crippen LogP contribution in [0.3, 0.4) is 0 Å². The van der Waals surface area contributed by atoms with Gasteiger partial charge in [0.1, 0.15) is 11.2 Å². The first-order valence-corrected chi connectivity index (χ1v) is 25.2. The molecule has 0 radical (unpaired) electrons. The van der Waals surface area contributed by atoms with E-state index in [1.807, 2.05) is 12.1 Å². The topological polar surface area (TPSA) is 26.2 Å². The van der Waals surface area contributed by atoms with Crippen LogP contribution in [0.4, 0.5) is 17.1 Å². The van der Waals surface area contributed by atoms with Gasteiger partial charge < -0.3 is 18.5 Å². The van der Waals surface area contributed by atoms with Gasteiger partial charge in [0.15, 0.2) is 0 Å². The number of furan rings is 1. The van der Waals surface area contributed by atoms with Crippen LogP contribution in [0.5, 0.6) is 0 Å². The number of aromatic nitrogens is 2. The zero-order valence-corrected chi connectivity index (χ0v) is 40.4. The predicted octanol–water partition coefficient (Wildman–Crippen LogP) is 18.9. The van der Waals surface area contributed by atoms with Crippen molar-refractivity contribution in [3.63, 3.8) is 0 Å². The molecule has 4 heteroatoms. The highest BCUT2D eigenvalue weighted by molar-refractivity contribution is 6.11. The minimum atomic E-state index is -0.250. The Balaban J connectivity index is 0.838. The number of anilines is 3. The minimum absolute atomic E-state index is 0.250. The summed E-state index contributed by atoms with van der Waals surface area (Å²) in [6.45, 7) is 4.76. The minimum Gasteiger partial charge on any atom is -0.456 e. The van der Waals surface area contributed by atoms with Gasteiger partial charge in [-0.3, -0.25) is 0 Å². The molecule has 0 fully saturated rings. The van der Waals surface area contributed by atoms with Gasteiger partial charge in [-0.15, -0.1) is 0 Å². The zero-order chi connectivity index (χ0) is 48.4. The Bertz CT molecular complexity index is 4460. The molecule has 4 nitrogen and oxygen atoms in total. The van der Waals surface area contributed by atoms with Crippen molar-refractivity contribution < 1.29 is 4.42 Å². The fourth-order valence-electron chi connectivity index (χ4n) is 12.2.